The summed E-state index contributed by atoms with van der Waals surface area (Å²) in [5.74, 6) is -2.23. The number of benzene rings is 2. The number of hydrogen-bond donors (Lipinski definition) is 1. The van der Waals surface area contributed by atoms with Crippen molar-refractivity contribution in [3.8, 4) is 22.6 Å². The number of aryl methyl sites for hydroxylation is 1. The molecule has 1 saturated heterocycles. The topological polar surface area (TPSA) is 107 Å². The van der Waals surface area contributed by atoms with Gasteiger partial charge in [-0.2, -0.15) is 4.98 Å². The summed E-state index contributed by atoms with van der Waals surface area (Å²) in [6, 6.07) is 3.66. The van der Waals surface area contributed by atoms with Crippen LogP contribution < -0.4 is 21.1 Å². The van der Waals surface area contributed by atoms with Crippen LogP contribution in [0.15, 0.2) is 41.8 Å². The highest BCUT2D eigenvalue weighted by molar-refractivity contribution is 6.37. The molecule has 240 valence electrons. The van der Waals surface area contributed by atoms with Gasteiger partial charge in [0.2, 0.25) is 5.91 Å². The molecule has 2 aliphatic rings. The minimum Gasteiger partial charge on any atom is -0.490 e. The Balaban J connectivity index is 1.76. The molecular weight excluding hydrogens is 637 g/mol. The molecule has 2 unspecified atom stereocenters. The Morgan fingerprint density at radius 2 is 1.93 bits per heavy atom. The molecule has 46 heavy (non-hydrogen) atoms. The van der Waals surface area contributed by atoms with Gasteiger partial charge in [-0.3, -0.25) is 14.3 Å². The van der Waals surface area contributed by atoms with Gasteiger partial charge in [-0.05, 0) is 49.6 Å². The number of nitrogens with two attached hydrogens (primary N) is 1. The predicted molar refractivity (Wildman–Crippen MR) is 176 cm³/mol. The van der Waals surface area contributed by atoms with Gasteiger partial charge < -0.3 is 20.3 Å². The van der Waals surface area contributed by atoms with Gasteiger partial charge in [0.1, 0.15) is 5.82 Å². The second-order valence-corrected chi connectivity index (χ2v) is 12.8. The van der Waals surface area contributed by atoms with Crippen molar-refractivity contribution < 1.29 is 18.3 Å². The lowest BCUT2D eigenvalue weighted by Crippen LogP contribution is -2.60. The molecule has 0 aliphatic carbocycles. The maximum atomic E-state index is 16.9. The minimum atomic E-state index is -0.972. The van der Waals surface area contributed by atoms with Gasteiger partial charge in [-0.15, -0.1) is 0 Å². The van der Waals surface area contributed by atoms with Crippen molar-refractivity contribution in [3.05, 3.63) is 80.5 Å². The number of aromatic nitrogens is 3. The smallest absolute Gasteiger partial charge is 0.354 e. The molecule has 2 aromatic carbocycles. The van der Waals surface area contributed by atoms with Gasteiger partial charge in [-0.1, -0.05) is 43.6 Å². The van der Waals surface area contributed by atoms with Crippen molar-refractivity contribution in [2.24, 2.45) is 0 Å². The van der Waals surface area contributed by atoms with Gasteiger partial charge in [0.05, 0.1) is 50.7 Å². The molecule has 6 rings (SSSR count). The first-order valence-electron chi connectivity index (χ1n) is 14.9. The number of nitrogens with zero attached hydrogens (tertiary/aromatic N) is 5. The van der Waals surface area contributed by atoms with Crippen LogP contribution in [-0.2, 0) is 4.79 Å². The molecule has 9 nitrogen and oxygen atoms in total. The predicted octanol–water partition coefficient (Wildman–Crippen LogP) is 6.42. The van der Waals surface area contributed by atoms with Crippen LogP contribution in [0.25, 0.3) is 27.7 Å². The number of anilines is 2. The summed E-state index contributed by atoms with van der Waals surface area (Å²) in [6.45, 7) is 11.9. The highest BCUT2D eigenvalue weighted by Crippen LogP contribution is 2.47. The van der Waals surface area contributed by atoms with Crippen molar-refractivity contribution in [2.45, 2.75) is 52.1 Å². The Morgan fingerprint density at radius 1 is 1.20 bits per heavy atom. The summed E-state index contributed by atoms with van der Waals surface area (Å²) in [7, 11) is 0. The van der Waals surface area contributed by atoms with E-state index in [1.54, 1.807) is 17.2 Å². The number of nitrogen functional groups attached to an aromatic ring is 1. The Morgan fingerprint density at radius 3 is 2.63 bits per heavy atom. The fraction of sp³-hybridized carbons (Fsp3) is 0.333. The Bertz CT molecular complexity index is 1970. The van der Waals surface area contributed by atoms with Crippen LogP contribution in [0.1, 0.15) is 44.4 Å². The van der Waals surface area contributed by atoms with Crippen molar-refractivity contribution >= 4 is 51.5 Å². The molecule has 2 aromatic heterocycles. The number of rotatable bonds is 4. The number of piperazine rings is 1. The molecule has 13 heteroatoms. The van der Waals surface area contributed by atoms with E-state index in [0.717, 1.165) is 11.6 Å². The number of hydrogen-bond acceptors (Lipinski definition) is 7. The lowest BCUT2D eigenvalue weighted by molar-refractivity contribution is -0.127. The molecule has 0 saturated carbocycles. The minimum absolute atomic E-state index is 0.0511. The van der Waals surface area contributed by atoms with Crippen molar-refractivity contribution in [3.63, 3.8) is 0 Å². The highest BCUT2D eigenvalue weighted by atomic mass is 35.5. The first kappa shape index (κ1) is 31.7. The molecule has 0 spiro atoms. The summed E-state index contributed by atoms with van der Waals surface area (Å²) < 4.78 is 40.1. The standard InChI is InChI=1S/C33H32Cl2F2N6O3/c1-6-23(44)41-13-17(5)42-18(14-41)8-10-46-31-25-22(11-19(26(31)36)24-27(37)20(34)12-21(35)28(24)38)43(33(45)40-32(25)42)30-16(4)7-9-39-29(30)15(2)3/h6-7,9,11-12,15,17-18H,1,8,10,13-14,38H2,2-5H3. The number of carbonyl (C=O) groups excluding carboxylic acids is 1. The summed E-state index contributed by atoms with van der Waals surface area (Å²) in [5, 5.41) is -0.198. The van der Waals surface area contributed by atoms with E-state index in [1.165, 1.54) is 16.7 Å². The highest BCUT2D eigenvalue weighted by Gasteiger charge is 2.39. The van der Waals surface area contributed by atoms with Gasteiger partial charge in [0, 0.05) is 42.9 Å². The quantitative estimate of drug-likeness (QED) is 0.152. The Labute approximate surface area is 274 Å². The van der Waals surface area contributed by atoms with Crippen LogP contribution in [0.5, 0.6) is 5.75 Å². The number of halogens is 4. The van der Waals surface area contributed by atoms with Crippen LogP contribution in [0.2, 0.25) is 10.0 Å². The van der Waals surface area contributed by atoms with Crippen LogP contribution in [0.4, 0.5) is 20.3 Å². The van der Waals surface area contributed by atoms with Gasteiger partial charge in [0.15, 0.2) is 17.4 Å². The number of fused-ring (bicyclic) bond motifs is 2. The van der Waals surface area contributed by atoms with Gasteiger partial charge in [-0.25, -0.2) is 13.6 Å². The molecule has 2 aliphatic heterocycles. The first-order chi connectivity index (χ1) is 21.8. The van der Waals surface area contributed by atoms with Crippen LogP contribution in [-0.4, -0.2) is 57.1 Å². The van der Waals surface area contributed by atoms with Gasteiger partial charge in [0.25, 0.3) is 0 Å². The van der Waals surface area contributed by atoms with E-state index in [9.17, 15) is 9.59 Å². The van der Waals surface area contributed by atoms with Crippen molar-refractivity contribution in [1.29, 1.82) is 0 Å². The van der Waals surface area contributed by atoms with E-state index in [1.807, 2.05) is 32.6 Å². The normalized spacial score (nSPS) is 17.8. The SMILES string of the molecule is C=CC(=O)N1CC(C)N2c3nc(=O)n(-c4c(C)ccnc4C(C)C)c4cc(-c5c(N)c(Cl)cc(Cl)c5F)c(F)c(c34)OCCC2C1. The third-order valence-corrected chi connectivity index (χ3v) is 9.26. The number of pyridine rings is 1. The fourth-order valence-electron chi connectivity index (χ4n) is 6.59. The number of carbonyl (C=O) groups is 1. The summed E-state index contributed by atoms with van der Waals surface area (Å²) in [6.07, 6.45) is 3.29. The summed E-state index contributed by atoms with van der Waals surface area (Å²) in [5.41, 5.74) is 6.71. The maximum Gasteiger partial charge on any atom is 0.354 e. The molecule has 1 fully saturated rings. The first-order valence-corrected chi connectivity index (χ1v) is 15.6. The molecule has 4 aromatic rings. The second-order valence-electron chi connectivity index (χ2n) is 12.0. The van der Waals surface area contributed by atoms with Gasteiger partial charge >= 0.3 is 5.69 Å². The zero-order valence-corrected chi connectivity index (χ0v) is 27.2. The zero-order valence-electron chi connectivity index (χ0n) is 25.7. The number of ether oxygens (including phenoxy) is 1. The van der Waals surface area contributed by atoms with Crippen molar-refractivity contribution in [2.75, 3.05) is 30.3 Å². The van der Waals surface area contributed by atoms with E-state index < -0.39 is 17.3 Å². The summed E-state index contributed by atoms with van der Waals surface area (Å²) >= 11 is 12.4. The monoisotopic (exact) mass is 668 g/mol. The fourth-order valence-corrected chi connectivity index (χ4v) is 7.06. The molecule has 2 N–H and O–H groups in total. The third kappa shape index (κ3) is 4.96. The van der Waals surface area contributed by atoms with E-state index in [4.69, 9.17) is 33.7 Å². The van der Waals surface area contributed by atoms with Crippen LogP contribution >= 0.6 is 23.2 Å². The Kier molecular flexibility index (Phi) is 8.18. The number of amides is 1. The molecule has 2 atom stereocenters. The van der Waals surface area contributed by atoms with Crippen LogP contribution in [0.3, 0.4) is 0 Å². The molecular formula is C33H32Cl2F2N6O3. The van der Waals surface area contributed by atoms with Crippen LogP contribution in [0, 0.1) is 18.6 Å². The second kappa shape index (κ2) is 11.9. The zero-order chi connectivity index (χ0) is 33.2. The largest absolute Gasteiger partial charge is 0.490 e. The molecule has 0 bridgehead atoms. The van der Waals surface area contributed by atoms with E-state index in [0.29, 0.717) is 30.9 Å². The average molecular weight is 670 g/mol. The summed E-state index contributed by atoms with van der Waals surface area (Å²) in [4.78, 5) is 39.7. The lowest BCUT2D eigenvalue weighted by Gasteiger charge is -2.47. The maximum absolute atomic E-state index is 16.9. The lowest BCUT2D eigenvalue weighted by atomic mass is 9.97. The molecule has 4 heterocycles. The molecule has 0 radical (unpaired) electrons. The Hall–Kier alpha value is -4.22. The average Bonchev–Trinajstić information content (AvgIpc) is 3.00. The third-order valence-electron chi connectivity index (χ3n) is 8.67. The molecule has 1 amide bonds. The van der Waals surface area contributed by atoms with E-state index >= 15 is 8.78 Å². The van der Waals surface area contributed by atoms with E-state index in [-0.39, 0.29) is 79.8 Å². The van der Waals surface area contributed by atoms with E-state index in [2.05, 4.69) is 16.5 Å². The van der Waals surface area contributed by atoms with Crippen molar-refractivity contribution in [1.82, 2.24) is 19.4 Å².